The van der Waals surface area contributed by atoms with E-state index in [1.54, 1.807) is 6.92 Å². The molecule has 6 nitrogen and oxygen atoms in total. The Balaban J connectivity index is 1.98. The van der Waals surface area contributed by atoms with Crippen LogP contribution in [-0.4, -0.2) is 32.2 Å². The van der Waals surface area contributed by atoms with Gasteiger partial charge in [0.2, 0.25) is 0 Å². The van der Waals surface area contributed by atoms with Crippen molar-refractivity contribution in [3.8, 4) is 11.5 Å². The fourth-order valence-corrected chi connectivity index (χ4v) is 2.07. The quantitative estimate of drug-likeness (QED) is 0.763. The predicted molar refractivity (Wildman–Crippen MR) is 89.4 cm³/mol. The first-order valence-electron chi connectivity index (χ1n) is 7.67. The summed E-state index contributed by atoms with van der Waals surface area (Å²) in [4.78, 5) is 23.8. The molecule has 138 valence electrons. The fraction of sp³-hybridized carbons (Fsp3) is 0.222. The van der Waals surface area contributed by atoms with Crippen molar-refractivity contribution in [1.82, 2.24) is 0 Å². The maximum atomic E-state index is 13.5. The normalized spacial score (nSPS) is 10.2. The van der Waals surface area contributed by atoms with E-state index in [9.17, 15) is 18.4 Å². The molecular formula is C18H17F2NO5. The largest absolute Gasteiger partial charge is 0.493 e. The number of hydrogen-bond donors (Lipinski definition) is 1. The van der Waals surface area contributed by atoms with Gasteiger partial charge >= 0.3 is 5.97 Å². The van der Waals surface area contributed by atoms with Crippen LogP contribution in [0.15, 0.2) is 36.4 Å². The second-order valence-corrected chi connectivity index (χ2v) is 5.05. The molecular weight excluding hydrogens is 348 g/mol. The van der Waals surface area contributed by atoms with Crippen molar-refractivity contribution >= 4 is 17.6 Å². The van der Waals surface area contributed by atoms with Crippen LogP contribution in [0, 0.1) is 11.6 Å². The van der Waals surface area contributed by atoms with Crippen molar-refractivity contribution in [3.63, 3.8) is 0 Å². The van der Waals surface area contributed by atoms with Gasteiger partial charge in [0.15, 0.2) is 18.1 Å². The number of amides is 1. The van der Waals surface area contributed by atoms with Gasteiger partial charge in [0.05, 0.1) is 25.0 Å². The molecule has 0 aliphatic heterocycles. The molecule has 1 amide bonds. The number of halogens is 2. The van der Waals surface area contributed by atoms with E-state index in [-0.39, 0.29) is 11.3 Å². The lowest BCUT2D eigenvalue weighted by Gasteiger charge is -2.11. The van der Waals surface area contributed by atoms with Crippen LogP contribution >= 0.6 is 0 Å². The molecule has 0 bridgehead atoms. The number of anilines is 1. The van der Waals surface area contributed by atoms with Gasteiger partial charge in [-0.2, -0.15) is 0 Å². The van der Waals surface area contributed by atoms with Gasteiger partial charge in [-0.25, -0.2) is 13.6 Å². The van der Waals surface area contributed by atoms with Gasteiger partial charge in [-0.3, -0.25) is 4.79 Å². The highest BCUT2D eigenvalue weighted by molar-refractivity contribution is 5.95. The monoisotopic (exact) mass is 365 g/mol. The van der Waals surface area contributed by atoms with Crippen LogP contribution in [0.4, 0.5) is 14.5 Å². The van der Waals surface area contributed by atoms with Crippen molar-refractivity contribution in [3.05, 3.63) is 53.6 Å². The number of benzene rings is 2. The number of carbonyl (C=O) groups is 2. The molecule has 0 spiro atoms. The number of esters is 1. The predicted octanol–water partition coefficient (Wildman–Crippen LogP) is 3.17. The molecule has 0 aromatic heterocycles. The molecule has 2 rings (SSSR count). The maximum Gasteiger partial charge on any atom is 0.338 e. The van der Waals surface area contributed by atoms with E-state index in [0.29, 0.717) is 18.1 Å². The van der Waals surface area contributed by atoms with Crippen molar-refractivity contribution in [2.45, 2.75) is 6.92 Å². The zero-order valence-electron chi connectivity index (χ0n) is 14.2. The Hall–Kier alpha value is -3.16. The second kappa shape index (κ2) is 8.80. The summed E-state index contributed by atoms with van der Waals surface area (Å²) >= 11 is 0. The highest BCUT2D eigenvalue weighted by atomic mass is 19.1. The highest BCUT2D eigenvalue weighted by Crippen LogP contribution is 2.28. The minimum atomic E-state index is -0.804. The summed E-state index contributed by atoms with van der Waals surface area (Å²) in [5.41, 5.74) is -0.187. The molecule has 2 aromatic rings. The molecule has 0 saturated heterocycles. The van der Waals surface area contributed by atoms with E-state index in [0.717, 1.165) is 18.2 Å². The average Bonchev–Trinajstić information content (AvgIpc) is 2.63. The summed E-state index contributed by atoms with van der Waals surface area (Å²) in [6.07, 6.45) is 0. The Kier molecular flexibility index (Phi) is 6.48. The summed E-state index contributed by atoms with van der Waals surface area (Å²) in [6, 6.07) is 7.04. The van der Waals surface area contributed by atoms with Crippen molar-refractivity contribution in [1.29, 1.82) is 0 Å². The van der Waals surface area contributed by atoms with Crippen LogP contribution in [0.1, 0.15) is 17.3 Å². The molecule has 1 N–H and O–H groups in total. The lowest BCUT2D eigenvalue weighted by Crippen LogP contribution is -2.21. The smallest absolute Gasteiger partial charge is 0.338 e. The van der Waals surface area contributed by atoms with E-state index in [2.05, 4.69) is 5.32 Å². The molecule has 0 radical (unpaired) electrons. The summed E-state index contributed by atoms with van der Waals surface area (Å²) in [6.45, 7) is 1.49. The summed E-state index contributed by atoms with van der Waals surface area (Å²) in [5, 5.41) is 2.13. The maximum absolute atomic E-state index is 13.5. The lowest BCUT2D eigenvalue weighted by atomic mass is 10.2. The van der Waals surface area contributed by atoms with Gasteiger partial charge < -0.3 is 19.5 Å². The molecule has 8 heteroatoms. The number of methoxy groups -OCH3 is 1. The van der Waals surface area contributed by atoms with Gasteiger partial charge in [0, 0.05) is 6.07 Å². The summed E-state index contributed by atoms with van der Waals surface area (Å²) in [7, 11) is 1.46. The second-order valence-electron chi connectivity index (χ2n) is 5.05. The van der Waals surface area contributed by atoms with Crippen molar-refractivity contribution in [2.24, 2.45) is 0 Å². The molecule has 0 aliphatic carbocycles. The number of nitrogens with one attached hydrogen (secondary N) is 1. The molecule has 0 atom stereocenters. The third kappa shape index (κ3) is 4.92. The first-order valence-corrected chi connectivity index (χ1v) is 7.67. The van der Waals surface area contributed by atoms with Gasteiger partial charge in [0.1, 0.15) is 11.6 Å². The van der Waals surface area contributed by atoms with E-state index >= 15 is 0 Å². The number of carbonyl (C=O) groups excluding carboxylic acids is 2. The van der Waals surface area contributed by atoms with E-state index in [1.807, 2.05) is 0 Å². The Morgan fingerprint density at radius 3 is 2.54 bits per heavy atom. The third-order valence-electron chi connectivity index (χ3n) is 3.24. The van der Waals surface area contributed by atoms with Crippen LogP contribution < -0.4 is 14.8 Å². The SMILES string of the molecule is CCOc1cc(C(=O)OCC(=O)Nc2cc(F)ccc2F)ccc1OC. The minimum Gasteiger partial charge on any atom is -0.493 e. The first kappa shape index (κ1) is 19.2. The summed E-state index contributed by atoms with van der Waals surface area (Å²) < 4.78 is 41.9. The van der Waals surface area contributed by atoms with Crippen molar-refractivity contribution in [2.75, 3.05) is 25.6 Å². The molecule has 0 aliphatic rings. The first-order chi connectivity index (χ1) is 12.4. The van der Waals surface area contributed by atoms with Crippen LogP contribution in [0.25, 0.3) is 0 Å². The standard InChI is InChI=1S/C18H17F2NO5/c1-3-25-16-8-11(4-7-15(16)24-2)18(23)26-10-17(22)21-14-9-12(19)5-6-13(14)20/h4-9H,3,10H2,1-2H3,(H,21,22). The number of ether oxygens (including phenoxy) is 3. The van der Waals surface area contributed by atoms with Crippen LogP contribution in [0.5, 0.6) is 11.5 Å². The van der Waals surface area contributed by atoms with Crippen molar-refractivity contribution < 1.29 is 32.6 Å². The van der Waals surface area contributed by atoms with Gasteiger partial charge in [-0.05, 0) is 37.3 Å². The Labute approximate surface area is 148 Å². The topological polar surface area (TPSA) is 73.9 Å². The van der Waals surface area contributed by atoms with Gasteiger partial charge in [0.25, 0.3) is 5.91 Å². The van der Waals surface area contributed by atoms with Crippen LogP contribution in [0.2, 0.25) is 0 Å². The molecule has 0 heterocycles. The lowest BCUT2D eigenvalue weighted by molar-refractivity contribution is -0.119. The van der Waals surface area contributed by atoms with Crippen LogP contribution in [0.3, 0.4) is 0 Å². The van der Waals surface area contributed by atoms with Crippen LogP contribution in [-0.2, 0) is 9.53 Å². The van der Waals surface area contributed by atoms with E-state index in [4.69, 9.17) is 14.2 Å². The molecule has 26 heavy (non-hydrogen) atoms. The summed E-state index contributed by atoms with van der Waals surface area (Å²) in [5.74, 6) is -2.29. The fourth-order valence-electron chi connectivity index (χ4n) is 2.07. The number of rotatable bonds is 7. The van der Waals surface area contributed by atoms with Gasteiger partial charge in [-0.15, -0.1) is 0 Å². The zero-order chi connectivity index (χ0) is 19.1. The molecule has 2 aromatic carbocycles. The Morgan fingerprint density at radius 1 is 1.08 bits per heavy atom. The highest BCUT2D eigenvalue weighted by Gasteiger charge is 2.15. The third-order valence-corrected chi connectivity index (χ3v) is 3.24. The zero-order valence-corrected chi connectivity index (χ0v) is 14.2. The molecule has 0 saturated carbocycles. The molecule has 0 fully saturated rings. The van der Waals surface area contributed by atoms with E-state index in [1.165, 1.54) is 25.3 Å². The average molecular weight is 365 g/mol. The Morgan fingerprint density at radius 2 is 1.85 bits per heavy atom. The van der Waals surface area contributed by atoms with Gasteiger partial charge in [-0.1, -0.05) is 0 Å². The Bertz CT molecular complexity index is 810. The minimum absolute atomic E-state index is 0.152. The number of hydrogen-bond acceptors (Lipinski definition) is 5. The van der Waals surface area contributed by atoms with E-state index < -0.39 is 30.1 Å². The molecule has 0 unspecified atom stereocenters.